The molecule has 0 radical (unpaired) electrons. The van der Waals surface area contributed by atoms with Crippen LogP contribution in [0.3, 0.4) is 0 Å². The topological polar surface area (TPSA) is 27.7 Å². The van der Waals surface area contributed by atoms with Crippen LogP contribution in [0.25, 0.3) is 0 Å². The van der Waals surface area contributed by atoms with E-state index in [1.807, 2.05) is 30.3 Å². The molecule has 0 unspecified atom stereocenters. The molecule has 3 nitrogen and oxygen atoms in total. The highest BCUT2D eigenvalue weighted by molar-refractivity contribution is 5.20. The third-order valence-corrected chi connectivity index (χ3v) is 3.55. The summed E-state index contributed by atoms with van der Waals surface area (Å²) in [5.74, 6) is 0. The van der Waals surface area contributed by atoms with Gasteiger partial charge < -0.3 is 14.2 Å². The van der Waals surface area contributed by atoms with E-state index in [2.05, 4.69) is 31.2 Å². The molecule has 0 saturated carbocycles. The van der Waals surface area contributed by atoms with Crippen LogP contribution in [-0.4, -0.2) is 19.3 Å². The van der Waals surface area contributed by atoms with Gasteiger partial charge in [0, 0.05) is 5.56 Å². The number of ether oxygens (including phenoxy) is 3. The van der Waals surface area contributed by atoms with E-state index >= 15 is 0 Å². The fourth-order valence-corrected chi connectivity index (χ4v) is 2.28. The second-order valence-corrected chi connectivity index (χ2v) is 5.33. The molecule has 0 aliphatic carbocycles. The van der Waals surface area contributed by atoms with Gasteiger partial charge >= 0.3 is 0 Å². The highest BCUT2D eigenvalue weighted by Gasteiger charge is 2.23. The molecule has 2 aromatic carbocycles. The van der Waals surface area contributed by atoms with Crippen LogP contribution in [0.4, 0.5) is 0 Å². The summed E-state index contributed by atoms with van der Waals surface area (Å²) >= 11 is 0. The minimum atomic E-state index is -0.273. The van der Waals surface area contributed by atoms with Crippen LogP contribution in [-0.2, 0) is 20.8 Å². The first-order valence-electron chi connectivity index (χ1n) is 7.26. The number of hydrogen-bond donors (Lipinski definition) is 0. The quantitative estimate of drug-likeness (QED) is 0.858. The number of rotatable bonds is 4. The van der Waals surface area contributed by atoms with Gasteiger partial charge in [0.25, 0.3) is 0 Å². The Hall–Kier alpha value is -1.68. The molecule has 0 spiro atoms. The fourth-order valence-electron chi connectivity index (χ4n) is 2.28. The Balaban J connectivity index is 1.47. The minimum absolute atomic E-state index is 0.00809. The van der Waals surface area contributed by atoms with Crippen molar-refractivity contribution in [3.63, 3.8) is 0 Å². The van der Waals surface area contributed by atoms with Crippen LogP contribution >= 0.6 is 0 Å². The van der Waals surface area contributed by atoms with Crippen molar-refractivity contribution in [2.24, 2.45) is 0 Å². The summed E-state index contributed by atoms with van der Waals surface area (Å²) in [6, 6.07) is 18.4. The summed E-state index contributed by atoms with van der Waals surface area (Å²) in [7, 11) is 0. The lowest BCUT2D eigenvalue weighted by atomic mass is 10.2. The zero-order chi connectivity index (χ0) is 14.5. The molecule has 0 atom stereocenters. The third kappa shape index (κ3) is 3.91. The van der Waals surface area contributed by atoms with Gasteiger partial charge in [-0.05, 0) is 12.5 Å². The van der Waals surface area contributed by atoms with Crippen LogP contribution in [0.15, 0.2) is 54.6 Å². The molecule has 0 N–H and O–H groups in total. The normalized spacial score (nSPS) is 22.1. The van der Waals surface area contributed by atoms with Gasteiger partial charge in [0.1, 0.15) is 6.10 Å². The maximum atomic E-state index is 5.84. The summed E-state index contributed by atoms with van der Waals surface area (Å²) in [6.07, 6.45) is -0.281. The van der Waals surface area contributed by atoms with Crippen LogP contribution in [0.1, 0.15) is 23.0 Å². The SMILES string of the molecule is Cc1ccc(COC2COC(c3ccccc3)OC2)cc1. The van der Waals surface area contributed by atoms with Crippen LogP contribution < -0.4 is 0 Å². The van der Waals surface area contributed by atoms with Crippen molar-refractivity contribution in [2.75, 3.05) is 13.2 Å². The van der Waals surface area contributed by atoms with Crippen molar-refractivity contribution < 1.29 is 14.2 Å². The van der Waals surface area contributed by atoms with E-state index in [4.69, 9.17) is 14.2 Å². The summed E-state index contributed by atoms with van der Waals surface area (Å²) < 4.78 is 17.3. The van der Waals surface area contributed by atoms with Crippen molar-refractivity contribution in [1.82, 2.24) is 0 Å². The van der Waals surface area contributed by atoms with Gasteiger partial charge in [0.05, 0.1) is 19.8 Å². The summed E-state index contributed by atoms with van der Waals surface area (Å²) in [5, 5.41) is 0. The predicted molar refractivity (Wildman–Crippen MR) is 80.8 cm³/mol. The largest absolute Gasteiger partial charge is 0.369 e. The minimum Gasteiger partial charge on any atom is -0.369 e. The Labute approximate surface area is 125 Å². The van der Waals surface area contributed by atoms with Crippen molar-refractivity contribution in [3.8, 4) is 0 Å². The van der Waals surface area contributed by atoms with E-state index in [9.17, 15) is 0 Å². The first-order valence-corrected chi connectivity index (χ1v) is 7.26. The Morgan fingerprint density at radius 1 is 0.952 bits per heavy atom. The van der Waals surface area contributed by atoms with Crippen molar-refractivity contribution in [2.45, 2.75) is 25.9 Å². The standard InChI is InChI=1S/C18H20O3/c1-14-7-9-15(10-8-14)11-19-17-12-20-18(21-13-17)16-5-3-2-4-6-16/h2-10,17-18H,11-13H2,1H3. The van der Waals surface area contributed by atoms with Crippen molar-refractivity contribution >= 4 is 0 Å². The summed E-state index contributed by atoms with van der Waals surface area (Å²) in [6.45, 7) is 3.79. The smallest absolute Gasteiger partial charge is 0.184 e. The Morgan fingerprint density at radius 3 is 2.29 bits per heavy atom. The average Bonchev–Trinajstić information content (AvgIpc) is 2.56. The molecule has 1 saturated heterocycles. The van der Waals surface area contributed by atoms with Gasteiger partial charge in [-0.25, -0.2) is 0 Å². The Morgan fingerprint density at radius 2 is 1.62 bits per heavy atom. The predicted octanol–water partition coefficient (Wildman–Crippen LogP) is 3.63. The maximum Gasteiger partial charge on any atom is 0.184 e. The number of benzene rings is 2. The molecule has 1 aliphatic rings. The lowest BCUT2D eigenvalue weighted by Gasteiger charge is -2.29. The van der Waals surface area contributed by atoms with Gasteiger partial charge in [-0.1, -0.05) is 60.2 Å². The molecule has 0 aromatic heterocycles. The van der Waals surface area contributed by atoms with Gasteiger partial charge in [-0.3, -0.25) is 0 Å². The van der Waals surface area contributed by atoms with E-state index < -0.39 is 0 Å². The lowest BCUT2D eigenvalue weighted by molar-refractivity contribution is -0.232. The second kappa shape index (κ2) is 6.85. The molecular weight excluding hydrogens is 264 g/mol. The van der Waals surface area contributed by atoms with E-state index in [1.165, 1.54) is 11.1 Å². The highest BCUT2D eigenvalue weighted by atomic mass is 16.7. The maximum absolute atomic E-state index is 5.84. The Bertz CT molecular complexity index is 542. The molecule has 0 bridgehead atoms. The van der Waals surface area contributed by atoms with Crippen molar-refractivity contribution in [3.05, 3.63) is 71.3 Å². The van der Waals surface area contributed by atoms with Gasteiger partial charge in [-0.2, -0.15) is 0 Å². The first-order chi connectivity index (χ1) is 10.3. The summed E-state index contributed by atoms with van der Waals surface area (Å²) in [4.78, 5) is 0. The van der Waals surface area contributed by atoms with Crippen LogP contribution in [0.5, 0.6) is 0 Å². The zero-order valence-electron chi connectivity index (χ0n) is 12.2. The van der Waals surface area contributed by atoms with Crippen LogP contribution in [0, 0.1) is 6.92 Å². The molecule has 1 fully saturated rings. The monoisotopic (exact) mass is 284 g/mol. The zero-order valence-corrected chi connectivity index (χ0v) is 12.2. The molecule has 1 aliphatic heterocycles. The average molecular weight is 284 g/mol. The number of hydrogen-bond acceptors (Lipinski definition) is 3. The third-order valence-electron chi connectivity index (χ3n) is 3.55. The molecule has 3 rings (SSSR count). The second-order valence-electron chi connectivity index (χ2n) is 5.33. The van der Waals surface area contributed by atoms with Gasteiger partial charge in [0.15, 0.2) is 6.29 Å². The molecule has 21 heavy (non-hydrogen) atoms. The van der Waals surface area contributed by atoms with E-state index in [-0.39, 0.29) is 12.4 Å². The fraction of sp³-hybridized carbons (Fsp3) is 0.333. The van der Waals surface area contributed by atoms with E-state index in [0.717, 1.165) is 5.56 Å². The van der Waals surface area contributed by atoms with Crippen LogP contribution in [0.2, 0.25) is 0 Å². The summed E-state index contributed by atoms with van der Waals surface area (Å²) in [5.41, 5.74) is 3.48. The van der Waals surface area contributed by atoms with Gasteiger partial charge in [-0.15, -0.1) is 0 Å². The van der Waals surface area contributed by atoms with E-state index in [1.54, 1.807) is 0 Å². The molecule has 110 valence electrons. The molecular formula is C18H20O3. The first kappa shape index (κ1) is 14.3. The van der Waals surface area contributed by atoms with Crippen molar-refractivity contribution in [1.29, 1.82) is 0 Å². The molecule has 2 aromatic rings. The number of aryl methyl sites for hydroxylation is 1. The molecule has 0 amide bonds. The van der Waals surface area contributed by atoms with E-state index in [0.29, 0.717) is 19.8 Å². The lowest BCUT2D eigenvalue weighted by Crippen LogP contribution is -2.33. The van der Waals surface area contributed by atoms with Gasteiger partial charge in [0.2, 0.25) is 0 Å². The molecule has 3 heteroatoms. The Kier molecular flexibility index (Phi) is 4.65. The molecule has 1 heterocycles. The highest BCUT2D eigenvalue weighted by Crippen LogP contribution is 2.23.